The zero-order valence-electron chi connectivity index (χ0n) is 9.03. The molecule has 0 aromatic heterocycles. The summed E-state index contributed by atoms with van der Waals surface area (Å²) >= 11 is 0. The van der Waals surface area contributed by atoms with Crippen molar-refractivity contribution in [1.29, 1.82) is 0 Å². The van der Waals surface area contributed by atoms with Crippen molar-refractivity contribution in [2.24, 2.45) is 5.73 Å². The van der Waals surface area contributed by atoms with E-state index in [0.29, 0.717) is 12.6 Å². The Hall–Kier alpha value is -0.770. The molecule has 1 saturated carbocycles. The second-order valence-electron chi connectivity index (χ2n) is 3.96. The van der Waals surface area contributed by atoms with Crippen molar-refractivity contribution in [3.05, 3.63) is 0 Å². The molecule has 0 bridgehead atoms. The van der Waals surface area contributed by atoms with Gasteiger partial charge in [0.2, 0.25) is 0 Å². The van der Waals surface area contributed by atoms with Crippen molar-refractivity contribution in [1.82, 2.24) is 4.90 Å². The summed E-state index contributed by atoms with van der Waals surface area (Å²) in [4.78, 5) is 13.1. The summed E-state index contributed by atoms with van der Waals surface area (Å²) in [7, 11) is 1.78. The lowest BCUT2D eigenvalue weighted by molar-refractivity contribution is 0.0738. The van der Waals surface area contributed by atoms with E-state index < -0.39 is 0 Å². The SMILES string of the molecule is CCCCOC(=O)N(C)C1CC(N)C1. The summed E-state index contributed by atoms with van der Waals surface area (Å²) in [6, 6.07) is 0.560. The van der Waals surface area contributed by atoms with Crippen molar-refractivity contribution in [3.8, 4) is 0 Å². The molecule has 0 aliphatic heterocycles. The van der Waals surface area contributed by atoms with Crippen LogP contribution in [-0.2, 0) is 4.74 Å². The van der Waals surface area contributed by atoms with Gasteiger partial charge in [-0.2, -0.15) is 0 Å². The molecule has 1 rings (SSSR count). The van der Waals surface area contributed by atoms with E-state index in [2.05, 4.69) is 6.92 Å². The molecule has 1 aliphatic rings. The first-order valence-electron chi connectivity index (χ1n) is 5.30. The Morgan fingerprint density at radius 2 is 2.21 bits per heavy atom. The lowest BCUT2D eigenvalue weighted by atomic mass is 9.87. The van der Waals surface area contributed by atoms with Gasteiger partial charge >= 0.3 is 6.09 Å². The van der Waals surface area contributed by atoms with Gasteiger partial charge in [-0.15, -0.1) is 0 Å². The Morgan fingerprint density at radius 3 is 2.71 bits per heavy atom. The van der Waals surface area contributed by atoms with Crippen LogP contribution in [0.1, 0.15) is 32.6 Å². The summed E-state index contributed by atoms with van der Waals surface area (Å²) in [5.41, 5.74) is 5.65. The van der Waals surface area contributed by atoms with Crippen molar-refractivity contribution < 1.29 is 9.53 Å². The number of hydrogen-bond acceptors (Lipinski definition) is 3. The minimum absolute atomic E-state index is 0.213. The molecular formula is C10H20N2O2. The highest BCUT2D eigenvalue weighted by atomic mass is 16.6. The second kappa shape index (κ2) is 5.20. The van der Waals surface area contributed by atoms with E-state index in [4.69, 9.17) is 10.5 Å². The van der Waals surface area contributed by atoms with E-state index in [0.717, 1.165) is 25.7 Å². The summed E-state index contributed by atoms with van der Waals surface area (Å²) in [5.74, 6) is 0. The highest BCUT2D eigenvalue weighted by Gasteiger charge is 2.32. The summed E-state index contributed by atoms with van der Waals surface area (Å²) in [6.45, 7) is 2.60. The number of unbranched alkanes of at least 4 members (excludes halogenated alkanes) is 1. The average molecular weight is 200 g/mol. The maximum absolute atomic E-state index is 11.4. The summed E-state index contributed by atoms with van der Waals surface area (Å²) in [6.07, 6.45) is 3.57. The van der Waals surface area contributed by atoms with Crippen LogP contribution < -0.4 is 5.73 Å². The molecule has 0 aromatic rings. The minimum Gasteiger partial charge on any atom is -0.449 e. The zero-order chi connectivity index (χ0) is 10.6. The number of nitrogens with zero attached hydrogens (tertiary/aromatic N) is 1. The number of nitrogens with two attached hydrogens (primary N) is 1. The molecule has 1 aliphatic carbocycles. The van der Waals surface area contributed by atoms with Crippen LogP contribution in [-0.4, -0.2) is 36.7 Å². The van der Waals surface area contributed by atoms with Crippen LogP contribution in [0.2, 0.25) is 0 Å². The van der Waals surface area contributed by atoms with Gasteiger partial charge in [-0.3, -0.25) is 0 Å². The molecule has 0 saturated heterocycles. The molecule has 14 heavy (non-hydrogen) atoms. The minimum atomic E-state index is -0.213. The highest BCUT2D eigenvalue weighted by Crippen LogP contribution is 2.23. The van der Waals surface area contributed by atoms with Gasteiger partial charge in [0.1, 0.15) is 0 Å². The fourth-order valence-electron chi connectivity index (χ4n) is 1.50. The Balaban J connectivity index is 2.16. The van der Waals surface area contributed by atoms with E-state index in [-0.39, 0.29) is 12.1 Å². The molecule has 0 aromatic carbocycles. The lowest BCUT2D eigenvalue weighted by Crippen LogP contribution is -2.51. The normalized spacial score (nSPS) is 25.4. The van der Waals surface area contributed by atoms with E-state index >= 15 is 0 Å². The predicted octanol–water partition coefficient (Wildman–Crippen LogP) is 1.34. The largest absolute Gasteiger partial charge is 0.449 e. The van der Waals surface area contributed by atoms with Crippen LogP contribution in [0.5, 0.6) is 0 Å². The number of carbonyl (C=O) groups excluding carboxylic acids is 1. The number of rotatable bonds is 4. The van der Waals surface area contributed by atoms with Crippen molar-refractivity contribution >= 4 is 6.09 Å². The van der Waals surface area contributed by atoms with E-state index in [1.807, 2.05) is 0 Å². The van der Waals surface area contributed by atoms with Crippen molar-refractivity contribution in [2.75, 3.05) is 13.7 Å². The van der Waals surface area contributed by atoms with Crippen molar-refractivity contribution in [2.45, 2.75) is 44.7 Å². The standard InChI is InChI=1S/C10H20N2O2/c1-3-4-5-14-10(13)12(2)9-6-8(11)7-9/h8-9H,3-7,11H2,1-2H3. The maximum Gasteiger partial charge on any atom is 0.409 e. The number of carbonyl (C=O) groups is 1. The first-order chi connectivity index (χ1) is 6.65. The molecule has 2 N–H and O–H groups in total. The van der Waals surface area contributed by atoms with Gasteiger partial charge in [0.15, 0.2) is 0 Å². The van der Waals surface area contributed by atoms with E-state index in [9.17, 15) is 4.79 Å². The van der Waals surface area contributed by atoms with Gasteiger partial charge in [0.05, 0.1) is 6.61 Å². The van der Waals surface area contributed by atoms with Gasteiger partial charge in [-0.1, -0.05) is 13.3 Å². The van der Waals surface area contributed by atoms with Gasteiger partial charge in [0, 0.05) is 19.1 Å². The lowest BCUT2D eigenvalue weighted by Gasteiger charge is -2.38. The van der Waals surface area contributed by atoms with E-state index in [1.54, 1.807) is 11.9 Å². The number of amides is 1. The van der Waals surface area contributed by atoms with Gasteiger partial charge in [0.25, 0.3) is 0 Å². The number of ether oxygens (including phenoxy) is 1. The predicted molar refractivity (Wildman–Crippen MR) is 55.0 cm³/mol. The molecule has 4 heteroatoms. The second-order valence-corrected chi connectivity index (χ2v) is 3.96. The van der Waals surface area contributed by atoms with Gasteiger partial charge in [-0.25, -0.2) is 4.79 Å². The number of hydrogen-bond donors (Lipinski definition) is 1. The first kappa shape index (κ1) is 11.3. The molecular weight excluding hydrogens is 180 g/mol. The Bertz CT molecular complexity index is 191. The van der Waals surface area contributed by atoms with Crippen LogP contribution in [0.25, 0.3) is 0 Å². The highest BCUT2D eigenvalue weighted by molar-refractivity contribution is 5.67. The fourth-order valence-corrected chi connectivity index (χ4v) is 1.50. The van der Waals surface area contributed by atoms with Crippen molar-refractivity contribution in [3.63, 3.8) is 0 Å². The molecule has 4 nitrogen and oxygen atoms in total. The molecule has 1 amide bonds. The molecule has 0 atom stereocenters. The average Bonchev–Trinajstić information content (AvgIpc) is 2.12. The molecule has 0 unspecified atom stereocenters. The van der Waals surface area contributed by atoms with E-state index in [1.165, 1.54) is 0 Å². The summed E-state index contributed by atoms with van der Waals surface area (Å²) in [5, 5.41) is 0. The third-order valence-corrected chi connectivity index (χ3v) is 2.71. The Kier molecular flexibility index (Phi) is 4.20. The van der Waals surface area contributed by atoms with Crippen LogP contribution in [0, 0.1) is 0 Å². The van der Waals surface area contributed by atoms with Crippen LogP contribution >= 0.6 is 0 Å². The van der Waals surface area contributed by atoms with Gasteiger partial charge < -0.3 is 15.4 Å². The van der Waals surface area contributed by atoms with Crippen LogP contribution in [0.3, 0.4) is 0 Å². The quantitative estimate of drug-likeness (QED) is 0.697. The molecule has 0 radical (unpaired) electrons. The monoisotopic (exact) mass is 200 g/mol. The topological polar surface area (TPSA) is 55.6 Å². The molecule has 82 valence electrons. The Labute approximate surface area is 85.4 Å². The third kappa shape index (κ3) is 2.87. The Morgan fingerprint density at radius 1 is 1.57 bits per heavy atom. The fraction of sp³-hybridized carbons (Fsp3) is 0.900. The first-order valence-corrected chi connectivity index (χ1v) is 5.30. The molecule has 0 spiro atoms. The third-order valence-electron chi connectivity index (χ3n) is 2.71. The van der Waals surface area contributed by atoms with Crippen LogP contribution in [0.15, 0.2) is 0 Å². The molecule has 1 fully saturated rings. The molecule has 0 heterocycles. The smallest absolute Gasteiger partial charge is 0.409 e. The zero-order valence-corrected chi connectivity index (χ0v) is 9.03. The maximum atomic E-state index is 11.4. The van der Waals surface area contributed by atoms with Crippen LogP contribution in [0.4, 0.5) is 4.79 Å². The summed E-state index contributed by atoms with van der Waals surface area (Å²) < 4.78 is 5.08. The van der Waals surface area contributed by atoms with Gasteiger partial charge in [-0.05, 0) is 19.3 Å².